The van der Waals surface area contributed by atoms with Gasteiger partial charge in [-0.25, -0.2) is 19.9 Å². The lowest BCUT2D eigenvalue weighted by Crippen LogP contribution is -2.48. The maximum absolute atomic E-state index is 15.4. The van der Waals surface area contributed by atoms with Gasteiger partial charge in [-0.05, 0) is 25.8 Å². The van der Waals surface area contributed by atoms with Crippen molar-refractivity contribution in [1.82, 2.24) is 24.8 Å². The molecular weight excluding hydrogens is 472 g/mol. The second-order valence-electron chi connectivity index (χ2n) is 8.83. The summed E-state index contributed by atoms with van der Waals surface area (Å²) in [6.07, 6.45) is 0.190. The van der Waals surface area contributed by atoms with Crippen LogP contribution in [0.3, 0.4) is 0 Å². The van der Waals surface area contributed by atoms with Gasteiger partial charge in [0.25, 0.3) is 0 Å². The number of rotatable bonds is 9. The number of primary amides is 1. The van der Waals surface area contributed by atoms with Crippen LogP contribution in [0.2, 0.25) is 0 Å². The summed E-state index contributed by atoms with van der Waals surface area (Å²) in [6, 6.07) is -0.00838. The number of alkyl halides is 3. The highest BCUT2D eigenvalue weighted by atomic mass is 19.4. The van der Waals surface area contributed by atoms with Crippen molar-refractivity contribution in [3.05, 3.63) is 35.9 Å². The third-order valence-corrected chi connectivity index (χ3v) is 6.06. The maximum atomic E-state index is 15.4. The van der Waals surface area contributed by atoms with Crippen LogP contribution in [0.25, 0.3) is 0 Å². The number of hydrogen-bond acceptors (Lipinski definition) is 9. The Hall–Kier alpha value is -3.13. The number of hydrogen-bond donors (Lipinski definition) is 3. The van der Waals surface area contributed by atoms with Crippen molar-refractivity contribution in [2.24, 2.45) is 11.7 Å². The molecule has 0 aromatic carbocycles. The number of piperidine rings is 1. The fourth-order valence-corrected chi connectivity index (χ4v) is 4.10. The molecule has 2 atom stereocenters. The van der Waals surface area contributed by atoms with E-state index in [2.05, 4.69) is 25.3 Å². The minimum absolute atomic E-state index is 0.00838. The average Bonchev–Trinajstić information content (AvgIpc) is 3.63. The third-order valence-electron chi connectivity index (χ3n) is 6.06. The highest BCUT2D eigenvalue weighted by Gasteiger charge is 2.36. The van der Waals surface area contributed by atoms with E-state index in [0.29, 0.717) is 18.5 Å². The zero-order valence-corrected chi connectivity index (χ0v) is 18.7. The lowest BCUT2D eigenvalue weighted by atomic mass is 9.93. The first-order valence-corrected chi connectivity index (χ1v) is 11.2. The first-order valence-electron chi connectivity index (χ1n) is 11.2. The lowest BCUT2D eigenvalue weighted by molar-refractivity contribution is -0.145. The molecule has 10 nitrogen and oxygen atoms in total. The molecule has 2 unspecified atom stereocenters. The zero-order chi connectivity index (χ0) is 25.2. The van der Waals surface area contributed by atoms with Gasteiger partial charge in [0, 0.05) is 49.6 Å². The molecular formula is C21H26F4N8O2. The highest BCUT2D eigenvalue weighted by Crippen LogP contribution is 2.35. The Morgan fingerprint density at radius 2 is 1.91 bits per heavy atom. The molecule has 1 aliphatic heterocycles. The summed E-state index contributed by atoms with van der Waals surface area (Å²) in [4.78, 5) is 29.3. The number of likely N-dealkylation sites (tertiary alicyclic amines) is 1. The van der Waals surface area contributed by atoms with E-state index >= 15 is 4.39 Å². The van der Waals surface area contributed by atoms with Gasteiger partial charge < -0.3 is 21.1 Å². The number of aromatic nitrogens is 4. The van der Waals surface area contributed by atoms with Gasteiger partial charge in [-0.15, -0.1) is 0 Å². The van der Waals surface area contributed by atoms with E-state index < -0.39 is 29.8 Å². The fourth-order valence-electron chi connectivity index (χ4n) is 4.10. The van der Waals surface area contributed by atoms with Gasteiger partial charge >= 0.3 is 6.18 Å². The Morgan fingerprint density at radius 1 is 1.20 bits per heavy atom. The quantitative estimate of drug-likeness (QED) is 0.436. The number of nitrogens with two attached hydrogens (primary N) is 1. The number of anilines is 2. The number of nitrogens with one attached hydrogen (secondary N) is 1. The van der Waals surface area contributed by atoms with Crippen LogP contribution in [0, 0.1) is 11.7 Å². The van der Waals surface area contributed by atoms with E-state index in [0.717, 1.165) is 25.2 Å². The summed E-state index contributed by atoms with van der Waals surface area (Å²) in [7, 11) is 0. The molecule has 190 valence electrons. The Kier molecular flexibility index (Phi) is 7.31. The molecule has 0 bridgehead atoms. The molecule has 2 fully saturated rings. The van der Waals surface area contributed by atoms with Gasteiger partial charge in [0.05, 0.1) is 12.6 Å². The summed E-state index contributed by atoms with van der Waals surface area (Å²) < 4.78 is 53.6. The number of aliphatic hydroxyl groups excluding tert-OH is 1. The van der Waals surface area contributed by atoms with Crippen molar-refractivity contribution in [1.29, 1.82) is 0 Å². The van der Waals surface area contributed by atoms with Crippen molar-refractivity contribution in [2.45, 2.75) is 44.1 Å². The van der Waals surface area contributed by atoms with Crippen LogP contribution in [-0.4, -0.2) is 74.2 Å². The van der Waals surface area contributed by atoms with E-state index in [1.54, 1.807) is 9.80 Å². The molecule has 14 heteroatoms. The number of aliphatic hydroxyl groups is 1. The molecule has 1 saturated heterocycles. The van der Waals surface area contributed by atoms with Gasteiger partial charge in [-0.2, -0.15) is 17.6 Å². The summed E-state index contributed by atoms with van der Waals surface area (Å²) >= 11 is 0. The van der Waals surface area contributed by atoms with Crippen LogP contribution in [0.1, 0.15) is 30.7 Å². The predicted molar refractivity (Wildman–Crippen MR) is 116 cm³/mol. The fraction of sp³-hybridized carbons (Fsp3) is 0.571. The maximum Gasteiger partial charge on any atom is 0.451 e. The van der Waals surface area contributed by atoms with Gasteiger partial charge in [-0.3, -0.25) is 9.69 Å². The number of carbonyl (C=O) groups excluding carboxylic acids is 1. The smallest absolute Gasteiger partial charge is 0.391 e. The zero-order valence-electron chi connectivity index (χ0n) is 18.7. The normalized spacial score (nSPS) is 21.1. The van der Waals surface area contributed by atoms with E-state index in [1.165, 1.54) is 6.33 Å². The Bertz CT molecular complexity index is 1030. The molecule has 2 aromatic heterocycles. The predicted octanol–water partition coefficient (Wildman–Crippen LogP) is 1.17. The van der Waals surface area contributed by atoms with Gasteiger partial charge in [0.15, 0.2) is 11.6 Å². The highest BCUT2D eigenvalue weighted by molar-refractivity contribution is 5.75. The molecule has 1 amide bonds. The number of amides is 1. The Morgan fingerprint density at radius 3 is 2.51 bits per heavy atom. The van der Waals surface area contributed by atoms with Crippen LogP contribution < -0.4 is 16.0 Å². The van der Waals surface area contributed by atoms with Gasteiger partial charge in [-0.1, -0.05) is 0 Å². The number of nitrogens with zero attached hydrogens (tertiary/aromatic N) is 6. The topological polar surface area (TPSA) is 133 Å². The standard InChI is InChI=1S/C21H26F4N8O2/c22-17-18(27-7-13-3-4-32(9-15(13)34)10-16(26)35)30-11-31-19(17)33(14-1-2-14)8-12-5-28-20(29-6-12)21(23,24)25/h5-6,11,13-15,34H,1-4,7-10H2,(H2,26,35)(H,27,30,31). The summed E-state index contributed by atoms with van der Waals surface area (Å²) in [5, 5.41) is 13.3. The molecule has 3 heterocycles. The molecule has 0 spiro atoms. The SMILES string of the molecule is NC(=O)CN1CCC(CNc2ncnc(N(Cc3cnc(C(F)(F)F)nc3)C3CC3)c2F)C(O)C1. The molecule has 1 saturated carbocycles. The van der Waals surface area contributed by atoms with E-state index in [4.69, 9.17) is 5.73 Å². The van der Waals surface area contributed by atoms with Gasteiger partial charge in [0.2, 0.25) is 17.5 Å². The van der Waals surface area contributed by atoms with E-state index in [1.807, 2.05) is 0 Å². The summed E-state index contributed by atoms with van der Waals surface area (Å²) in [5.74, 6) is -2.57. The van der Waals surface area contributed by atoms with Crippen LogP contribution in [-0.2, 0) is 17.5 Å². The third kappa shape index (κ3) is 6.31. The lowest BCUT2D eigenvalue weighted by Gasteiger charge is -2.35. The van der Waals surface area contributed by atoms with Crippen molar-refractivity contribution in [2.75, 3.05) is 36.4 Å². The van der Waals surface area contributed by atoms with Crippen LogP contribution in [0.5, 0.6) is 0 Å². The molecule has 35 heavy (non-hydrogen) atoms. The molecule has 2 aliphatic rings. The molecule has 2 aromatic rings. The van der Waals surface area contributed by atoms with Crippen molar-refractivity contribution < 1.29 is 27.5 Å². The van der Waals surface area contributed by atoms with Crippen molar-refractivity contribution in [3.8, 4) is 0 Å². The van der Waals surface area contributed by atoms with E-state index in [-0.39, 0.29) is 49.8 Å². The molecule has 1 aliphatic carbocycles. The average molecular weight is 498 g/mol. The van der Waals surface area contributed by atoms with Crippen LogP contribution >= 0.6 is 0 Å². The van der Waals surface area contributed by atoms with Crippen LogP contribution in [0.4, 0.5) is 29.2 Å². The summed E-state index contributed by atoms with van der Waals surface area (Å²) in [5.41, 5.74) is 5.60. The summed E-state index contributed by atoms with van der Waals surface area (Å²) in [6.45, 7) is 1.29. The largest absolute Gasteiger partial charge is 0.451 e. The second kappa shape index (κ2) is 10.2. The number of carbonyl (C=O) groups is 1. The Balaban J connectivity index is 1.42. The van der Waals surface area contributed by atoms with Gasteiger partial charge in [0.1, 0.15) is 6.33 Å². The molecule has 0 radical (unpaired) electrons. The van der Waals surface area contributed by atoms with Crippen molar-refractivity contribution in [3.63, 3.8) is 0 Å². The van der Waals surface area contributed by atoms with Crippen molar-refractivity contribution >= 4 is 17.5 Å². The second-order valence-corrected chi connectivity index (χ2v) is 8.83. The molecule has 4 rings (SSSR count). The number of β-amino-alcohol motifs (C(OH)–C–C–N with tert-alkyl or cyclic N) is 1. The first-order chi connectivity index (χ1) is 16.6. The minimum atomic E-state index is -4.64. The van der Waals surface area contributed by atoms with Crippen LogP contribution in [0.15, 0.2) is 18.7 Å². The van der Waals surface area contributed by atoms with E-state index in [9.17, 15) is 23.1 Å². The number of halogens is 4. The minimum Gasteiger partial charge on any atom is -0.391 e. The molecule has 4 N–H and O–H groups in total. The first kappa shape index (κ1) is 25.0. The Labute approximate surface area is 198 Å². The monoisotopic (exact) mass is 498 g/mol.